The normalized spacial score (nSPS) is 16.8. The third kappa shape index (κ3) is 6.06. The highest BCUT2D eigenvalue weighted by Crippen LogP contribution is 2.17. The maximum Gasteiger partial charge on any atom is 0.338 e. The summed E-state index contributed by atoms with van der Waals surface area (Å²) >= 11 is 0. The van der Waals surface area contributed by atoms with Gasteiger partial charge in [-0.2, -0.15) is 0 Å². The summed E-state index contributed by atoms with van der Waals surface area (Å²) in [5.41, 5.74) is 1.39. The minimum atomic E-state index is -0.869. The zero-order valence-corrected chi connectivity index (χ0v) is 16.9. The first-order valence-corrected chi connectivity index (χ1v) is 9.87. The highest BCUT2D eigenvalue weighted by atomic mass is 16.5. The Kier molecular flexibility index (Phi) is 7.25. The Morgan fingerprint density at radius 3 is 2.52 bits per heavy atom. The van der Waals surface area contributed by atoms with Crippen molar-refractivity contribution in [2.45, 2.75) is 38.5 Å². The number of carbonyl (C=O) groups is 2. The molecule has 0 spiro atoms. The van der Waals surface area contributed by atoms with Gasteiger partial charge in [0.15, 0.2) is 6.10 Å². The van der Waals surface area contributed by atoms with Crippen molar-refractivity contribution >= 4 is 11.9 Å². The van der Waals surface area contributed by atoms with E-state index in [0.29, 0.717) is 24.5 Å². The Bertz CT molecular complexity index is 800. The average Bonchev–Trinajstić information content (AvgIpc) is 3.26. The zero-order valence-electron chi connectivity index (χ0n) is 16.9. The third-order valence-corrected chi connectivity index (χ3v) is 4.82. The largest absolute Gasteiger partial charge is 0.491 e. The van der Waals surface area contributed by atoms with E-state index in [-0.39, 0.29) is 12.0 Å². The molecule has 6 heteroatoms. The zero-order chi connectivity index (χ0) is 20.6. The second kappa shape index (κ2) is 10.1. The van der Waals surface area contributed by atoms with Crippen LogP contribution in [-0.2, 0) is 20.8 Å². The molecule has 154 valence electrons. The first-order valence-electron chi connectivity index (χ1n) is 9.87. The number of hydrogen-bond donors (Lipinski definition) is 0. The molecule has 2 aromatic carbocycles. The number of nitrogens with zero attached hydrogens (tertiary/aromatic N) is 1. The van der Waals surface area contributed by atoms with Crippen molar-refractivity contribution in [3.63, 3.8) is 0 Å². The molecule has 0 radical (unpaired) electrons. The fourth-order valence-corrected chi connectivity index (χ4v) is 3.18. The van der Waals surface area contributed by atoms with Gasteiger partial charge in [0.25, 0.3) is 5.91 Å². The number of amides is 1. The quantitative estimate of drug-likeness (QED) is 0.639. The van der Waals surface area contributed by atoms with Crippen molar-refractivity contribution < 1.29 is 23.8 Å². The summed E-state index contributed by atoms with van der Waals surface area (Å²) in [6, 6.07) is 16.4. The lowest BCUT2D eigenvalue weighted by Crippen LogP contribution is -2.37. The van der Waals surface area contributed by atoms with E-state index in [1.807, 2.05) is 30.3 Å². The van der Waals surface area contributed by atoms with Gasteiger partial charge in [-0.25, -0.2) is 4.79 Å². The summed E-state index contributed by atoms with van der Waals surface area (Å²) < 4.78 is 16.6. The first kappa shape index (κ1) is 20.9. The smallest absolute Gasteiger partial charge is 0.338 e. The molecule has 6 nitrogen and oxygen atoms in total. The lowest BCUT2D eigenvalue weighted by molar-refractivity contribution is -0.139. The summed E-state index contributed by atoms with van der Waals surface area (Å²) in [5.74, 6) is -0.118. The summed E-state index contributed by atoms with van der Waals surface area (Å²) in [5, 5.41) is 0. The molecule has 0 saturated carbocycles. The molecule has 1 saturated heterocycles. The Hall–Kier alpha value is -2.86. The van der Waals surface area contributed by atoms with Gasteiger partial charge < -0.3 is 19.1 Å². The molecular formula is C23H27NO5. The van der Waals surface area contributed by atoms with Gasteiger partial charge in [-0.1, -0.05) is 30.3 Å². The van der Waals surface area contributed by atoms with Crippen LogP contribution >= 0.6 is 0 Å². The second-order valence-corrected chi connectivity index (χ2v) is 7.20. The molecular weight excluding hydrogens is 370 g/mol. The Labute approximate surface area is 171 Å². The van der Waals surface area contributed by atoms with Gasteiger partial charge in [0.05, 0.1) is 11.7 Å². The molecule has 2 atom stereocenters. The molecule has 1 heterocycles. The number of rotatable bonds is 8. The molecule has 0 N–H and O–H groups in total. The van der Waals surface area contributed by atoms with E-state index in [4.69, 9.17) is 14.2 Å². The number of likely N-dealkylation sites (N-methyl/N-ethyl adjacent to an activating group) is 1. The number of hydrogen-bond acceptors (Lipinski definition) is 5. The van der Waals surface area contributed by atoms with E-state index in [0.717, 1.165) is 25.0 Å². The van der Waals surface area contributed by atoms with E-state index in [1.54, 1.807) is 43.1 Å². The van der Waals surface area contributed by atoms with E-state index >= 15 is 0 Å². The molecule has 2 aromatic rings. The van der Waals surface area contributed by atoms with Crippen molar-refractivity contribution in [2.24, 2.45) is 0 Å². The van der Waals surface area contributed by atoms with Crippen LogP contribution < -0.4 is 4.74 Å². The van der Waals surface area contributed by atoms with Gasteiger partial charge in [-0.05, 0) is 49.6 Å². The summed E-state index contributed by atoms with van der Waals surface area (Å²) in [4.78, 5) is 26.4. The highest BCUT2D eigenvalue weighted by Gasteiger charge is 2.22. The number of ether oxygens (including phenoxy) is 3. The van der Waals surface area contributed by atoms with Crippen molar-refractivity contribution in [3.05, 3.63) is 65.7 Å². The van der Waals surface area contributed by atoms with Gasteiger partial charge >= 0.3 is 5.97 Å². The van der Waals surface area contributed by atoms with Crippen LogP contribution in [-0.4, -0.2) is 49.2 Å². The summed E-state index contributed by atoms with van der Waals surface area (Å²) in [6.07, 6.45) is 1.34. The van der Waals surface area contributed by atoms with Gasteiger partial charge in [0.1, 0.15) is 12.4 Å². The lowest BCUT2D eigenvalue weighted by atomic mass is 10.2. The fourth-order valence-electron chi connectivity index (χ4n) is 3.18. The molecule has 0 aliphatic carbocycles. The molecule has 0 bridgehead atoms. The predicted molar refractivity (Wildman–Crippen MR) is 109 cm³/mol. The maximum atomic E-state index is 12.5. The van der Waals surface area contributed by atoms with Crippen LogP contribution in [0.1, 0.15) is 35.7 Å². The molecule has 1 aliphatic rings. The number of esters is 1. The van der Waals surface area contributed by atoms with E-state index in [1.165, 1.54) is 0 Å². The second-order valence-electron chi connectivity index (χ2n) is 7.20. The molecule has 1 amide bonds. The van der Waals surface area contributed by atoms with Gasteiger partial charge in [0.2, 0.25) is 0 Å². The maximum absolute atomic E-state index is 12.5. The Morgan fingerprint density at radius 1 is 1.14 bits per heavy atom. The van der Waals surface area contributed by atoms with E-state index in [9.17, 15) is 9.59 Å². The van der Waals surface area contributed by atoms with Gasteiger partial charge in [-0.3, -0.25) is 4.79 Å². The standard InChI is InChI=1S/C23H27NO5/c1-17(22(25)24(2)15-18-7-4-3-5-8-18)29-23(26)19-10-12-20(13-11-19)28-16-21-9-6-14-27-21/h3-5,7-8,10-13,17,21H,6,9,14-16H2,1-2H3/t17-,21-/m1/s1. The van der Waals surface area contributed by atoms with Crippen molar-refractivity contribution in [2.75, 3.05) is 20.3 Å². The van der Waals surface area contributed by atoms with Crippen molar-refractivity contribution in [1.29, 1.82) is 0 Å². The van der Waals surface area contributed by atoms with Crippen LogP contribution in [0.25, 0.3) is 0 Å². The molecule has 3 rings (SSSR count). The molecule has 1 aliphatic heterocycles. The van der Waals surface area contributed by atoms with E-state index in [2.05, 4.69) is 0 Å². The van der Waals surface area contributed by atoms with E-state index < -0.39 is 12.1 Å². The monoisotopic (exact) mass is 397 g/mol. The summed E-state index contributed by atoms with van der Waals surface area (Å²) in [7, 11) is 1.69. The molecule has 0 unspecified atom stereocenters. The van der Waals surface area contributed by atoms with Crippen LogP contribution in [0.4, 0.5) is 0 Å². The van der Waals surface area contributed by atoms with Crippen LogP contribution in [0.15, 0.2) is 54.6 Å². The molecule has 0 aromatic heterocycles. The molecule has 1 fully saturated rings. The first-order chi connectivity index (χ1) is 14.0. The third-order valence-electron chi connectivity index (χ3n) is 4.82. The Morgan fingerprint density at radius 2 is 1.86 bits per heavy atom. The minimum Gasteiger partial charge on any atom is -0.491 e. The SMILES string of the molecule is C[C@@H](OC(=O)c1ccc(OC[C@H]2CCCO2)cc1)C(=O)N(C)Cc1ccccc1. The topological polar surface area (TPSA) is 65.1 Å². The fraction of sp³-hybridized carbons (Fsp3) is 0.391. The lowest BCUT2D eigenvalue weighted by Gasteiger charge is -2.21. The highest BCUT2D eigenvalue weighted by molar-refractivity contribution is 5.92. The van der Waals surface area contributed by atoms with Crippen molar-refractivity contribution in [1.82, 2.24) is 4.90 Å². The van der Waals surface area contributed by atoms with Crippen LogP contribution in [0, 0.1) is 0 Å². The van der Waals surface area contributed by atoms with Gasteiger partial charge in [-0.15, -0.1) is 0 Å². The van der Waals surface area contributed by atoms with Crippen molar-refractivity contribution in [3.8, 4) is 5.75 Å². The van der Waals surface area contributed by atoms with Crippen LogP contribution in [0.3, 0.4) is 0 Å². The number of carbonyl (C=O) groups excluding carboxylic acids is 2. The van der Waals surface area contributed by atoms with Crippen LogP contribution in [0.5, 0.6) is 5.75 Å². The predicted octanol–water partition coefficient (Wildman–Crippen LogP) is 3.45. The van der Waals surface area contributed by atoms with Crippen LogP contribution in [0.2, 0.25) is 0 Å². The Balaban J connectivity index is 1.48. The number of benzene rings is 2. The summed E-state index contributed by atoms with van der Waals surface area (Å²) in [6.45, 7) is 3.33. The molecule has 29 heavy (non-hydrogen) atoms. The minimum absolute atomic E-state index is 0.138. The van der Waals surface area contributed by atoms with Gasteiger partial charge in [0, 0.05) is 20.2 Å². The average molecular weight is 397 g/mol.